The minimum Gasteiger partial charge on any atom is -0.445 e. The topological polar surface area (TPSA) is 70.6 Å². The highest BCUT2D eigenvalue weighted by atomic mass is 19.1. The number of allylic oxidation sites excluding steroid dienone is 6. The number of carbonyl (C=O) groups is 1. The third kappa shape index (κ3) is 11.0. The Kier molecular flexibility index (Phi) is 13.3. The molecule has 168 valence electrons. The molecule has 1 aliphatic heterocycles. The van der Waals surface area contributed by atoms with Gasteiger partial charge in [-0.2, -0.15) is 0 Å². The Morgan fingerprint density at radius 3 is 2.77 bits per heavy atom. The van der Waals surface area contributed by atoms with E-state index in [0.717, 1.165) is 37.8 Å². The SMILES string of the molecule is C=C/C(F)=C\C=C\CC1CCC(CC(O)NC2=C/COC(=O)NC/C=C\2)CC1.CC. The number of amides is 1. The number of hydrogen-bond donors (Lipinski definition) is 3. The molecular weight excluding hydrogens is 383 g/mol. The van der Waals surface area contributed by atoms with Crippen LogP contribution < -0.4 is 10.6 Å². The van der Waals surface area contributed by atoms with E-state index in [9.17, 15) is 14.3 Å². The molecule has 1 saturated carbocycles. The van der Waals surface area contributed by atoms with Crippen molar-refractivity contribution in [3.63, 3.8) is 0 Å². The van der Waals surface area contributed by atoms with Crippen molar-refractivity contribution in [1.29, 1.82) is 0 Å². The standard InChI is InChI=1S/C22H31FN2O3.C2H6/c1-2-19(23)7-4-3-6-17-9-11-18(12-10-17)16-21(26)25-20-8-5-14-24-22(27)28-15-13-20;1-2/h2-5,7-8,13,17-18,21,25-26H,1,6,9-12,14-16H2,(H,24,27);1-2H3/b4-3+,8-5-,19-7+,20-13+;. The van der Waals surface area contributed by atoms with E-state index in [-0.39, 0.29) is 12.4 Å². The van der Waals surface area contributed by atoms with Crippen molar-refractivity contribution in [2.45, 2.75) is 58.6 Å². The van der Waals surface area contributed by atoms with Gasteiger partial charge in [-0.3, -0.25) is 0 Å². The Morgan fingerprint density at radius 1 is 1.37 bits per heavy atom. The molecule has 3 N–H and O–H groups in total. The van der Waals surface area contributed by atoms with Crippen LogP contribution in [-0.2, 0) is 4.74 Å². The Bertz CT molecular complexity index is 632. The van der Waals surface area contributed by atoms with Crippen molar-refractivity contribution < 1.29 is 19.0 Å². The van der Waals surface area contributed by atoms with Gasteiger partial charge in [0.2, 0.25) is 0 Å². The molecule has 1 fully saturated rings. The molecule has 0 bridgehead atoms. The average molecular weight is 421 g/mol. The zero-order valence-corrected chi connectivity index (χ0v) is 18.3. The molecule has 2 rings (SSSR count). The van der Waals surface area contributed by atoms with Gasteiger partial charge in [-0.15, -0.1) is 0 Å². The number of nitrogens with one attached hydrogen (secondary N) is 2. The van der Waals surface area contributed by atoms with Crippen molar-refractivity contribution in [3.05, 3.63) is 60.6 Å². The highest BCUT2D eigenvalue weighted by Crippen LogP contribution is 2.33. The van der Waals surface area contributed by atoms with Gasteiger partial charge in [0.25, 0.3) is 0 Å². The molecule has 0 aromatic carbocycles. The van der Waals surface area contributed by atoms with E-state index in [4.69, 9.17) is 4.74 Å². The summed E-state index contributed by atoms with van der Waals surface area (Å²) in [5.41, 5.74) is 0.752. The number of carbonyl (C=O) groups excluding carboxylic acids is 1. The maximum atomic E-state index is 12.9. The first kappa shape index (κ1) is 25.7. The number of cyclic esters (lactones) is 1. The number of aliphatic hydroxyl groups excluding tert-OH is 1. The quantitative estimate of drug-likeness (QED) is 0.369. The first-order valence-electron chi connectivity index (χ1n) is 10.9. The van der Waals surface area contributed by atoms with Crippen molar-refractivity contribution in [1.82, 2.24) is 10.6 Å². The third-order valence-electron chi connectivity index (χ3n) is 5.09. The highest BCUT2D eigenvalue weighted by Gasteiger charge is 2.22. The third-order valence-corrected chi connectivity index (χ3v) is 5.09. The molecule has 0 aromatic rings. The molecule has 1 heterocycles. The monoisotopic (exact) mass is 420 g/mol. The summed E-state index contributed by atoms with van der Waals surface area (Å²) in [6.07, 6.45) is 16.8. The smallest absolute Gasteiger partial charge is 0.407 e. The number of rotatable bonds is 8. The van der Waals surface area contributed by atoms with E-state index in [1.54, 1.807) is 12.2 Å². The van der Waals surface area contributed by atoms with E-state index in [1.165, 1.54) is 12.2 Å². The lowest BCUT2D eigenvalue weighted by molar-refractivity contribution is 0.103. The van der Waals surface area contributed by atoms with E-state index < -0.39 is 12.3 Å². The molecule has 1 aliphatic carbocycles. The fraction of sp³-hybridized carbons (Fsp3) is 0.542. The predicted octanol–water partition coefficient (Wildman–Crippen LogP) is 5.28. The summed E-state index contributed by atoms with van der Waals surface area (Å²) in [7, 11) is 0. The summed E-state index contributed by atoms with van der Waals surface area (Å²) in [6.45, 7) is 7.94. The van der Waals surface area contributed by atoms with Crippen molar-refractivity contribution in [3.8, 4) is 0 Å². The van der Waals surface area contributed by atoms with Gasteiger partial charge in [0, 0.05) is 12.2 Å². The molecule has 30 heavy (non-hydrogen) atoms. The minimum atomic E-state index is -0.631. The van der Waals surface area contributed by atoms with Crippen LogP contribution >= 0.6 is 0 Å². The first-order valence-corrected chi connectivity index (χ1v) is 10.9. The van der Waals surface area contributed by atoms with Crippen LogP contribution in [0.1, 0.15) is 52.4 Å². The number of ether oxygens (including phenoxy) is 1. The van der Waals surface area contributed by atoms with Crippen LogP contribution in [-0.4, -0.2) is 30.6 Å². The molecular formula is C24H37FN2O3. The zero-order chi connectivity index (χ0) is 22.2. The summed E-state index contributed by atoms with van der Waals surface area (Å²) in [4.78, 5) is 11.2. The molecule has 2 aliphatic rings. The molecule has 5 nitrogen and oxygen atoms in total. The van der Waals surface area contributed by atoms with Gasteiger partial charge in [-0.25, -0.2) is 9.18 Å². The zero-order valence-electron chi connectivity index (χ0n) is 18.3. The van der Waals surface area contributed by atoms with Crippen LogP contribution in [0.4, 0.5) is 9.18 Å². The van der Waals surface area contributed by atoms with Crippen molar-refractivity contribution in [2.24, 2.45) is 11.8 Å². The molecule has 0 saturated heterocycles. The number of hydrogen-bond acceptors (Lipinski definition) is 4. The summed E-state index contributed by atoms with van der Waals surface area (Å²) in [5.74, 6) is 0.793. The van der Waals surface area contributed by atoms with Crippen LogP contribution in [0.3, 0.4) is 0 Å². The first-order chi connectivity index (χ1) is 14.6. The molecule has 0 radical (unpaired) electrons. The van der Waals surface area contributed by atoms with Gasteiger partial charge in [-0.05, 0) is 61.8 Å². The van der Waals surface area contributed by atoms with Crippen LogP contribution in [0, 0.1) is 11.8 Å². The Balaban J connectivity index is 0.00000218. The van der Waals surface area contributed by atoms with Crippen LogP contribution in [0.25, 0.3) is 0 Å². The maximum absolute atomic E-state index is 12.9. The van der Waals surface area contributed by atoms with Gasteiger partial charge in [0.05, 0.1) is 0 Å². The lowest BCUT2D eigenvalue weighted by Crippen LogP contribution is -2.31. The Hall–Kier alpha value is -2.34. The highest BCUT2D eigenvalue weighted by molar-refractivity contribution is 5.67. The van der Waals surface area contributed by atoms with Crippen molar-refractivity contribution >= 4 is 6.09 Å². The predicted molar refractivity (Wildman–Crippen MR) is 120 cm³/mol. The fourth-order valence-corrected chi connectivity index (χ4v) is 3.53. The summed E-state index contributed by atoms with van der Waals surface area (Å²) >= 11 is 0. The summed E-state index contributed by atoms with van der Waals surface area (Å²) in [6, 6.07) is 0. The lowest BCUT2D eigenvalue weighted by atomic mass is 9.79. The summed E-state index contributed by atoms with van der Waals surface area (Å²) < 4.78 is 17.9. The van der Waals surface area contributed by atoms with Gasteiger partial charge in [0.15, 0.2) is 0 Å². The van der Waals surface area contributed by atoms with Crippen LogP contribution in [0.5, 0.6) is 0 Å². The van der Waals surface area contributed by atoms with Gasteiger partial charge < -0.3 is 20.5 Å². The average Bonchev–Trinajstić information content (AvgIpc) is 2.85. The largest absolute Gasteiger partial charge is 0.445 e. The summed E-state index contributed by atoms with van der Waals surface area (Å²) in [5, 5.41) is 16.1. The van der Waals surface area contributed by atoms with E-state index >= 15 is 0 Å². The molecule has 0 aromatic heterocycles. The second-order valence-corrected chi connectivity index (χ2v) is 7.24. The van der Waals surface area contributed by atoms with E-state index in [1.807, 2.05) is 32.1 Å². The molecule has 1 unspecified atom stereocenters. The number of aliphatic hydroxyl groups is 1. The normalized spacial score (nSPS) is 26.3. The maximum Gasteiger partial charge on any atom is 0.407 e. The minimum absolute atomic E-state index is 0.162. The second kappa shape index (κ2) is 15.5. The number of halogens is 1. The molecule has 1 atom stereocenters. The van der Waals surface area contributed by atoms with E-state index in [0.29, 0.717) is 24.8 Å². The Morgan fingerprint density at radius 2 is 2.07 bits per heavy atom. The van der Waals surface area contributed by atoms with Crippen LogP contribution in [0.2, 0.25) is 0 Å². The van der Waals surface area contributed by atoms with Gasteiger partial charge in [0.1, 0.15) is 18.7 Å². The number of alkyl carbamates (subject to hydrolysis) is 1. The fourth-order valence-electron chi connectivity index (χ4n) is 3.53. The second-order valence-electron chi connectivity index (χ2n) is 7.24. The molecule has 1 amide bonds. The van der Waals surface area contributed by atoms with Gasteiger partial charge >= 0.3 is 6.09 Å². The Labute approximate surface area is 180 Å². The lowest BCUT2D eigenvalue weighted by Gasteiger charge is -2.29. The van der Waals surface area contributed by atoms with Crippen molar-refractivity contribution in [2.75, 3.05) is 13.2 Å². The molecule has 0 spiro atoms. The van der Waals surface area contributed by atoms with Gasteiger partial charge in [-0.1, -0.05) is 51.5 Å². The molecule has 6 heteroatoms. The van der Waals surface area contributed by atoms with E-state index in [2.05, 4.69) is 17.2 Å². The van der Waals surface area contributed by atoms with Crippen LogP contribution in [0.15, 0.2) is 60.6 Å².